The third kappa shape index (κ3) is 4.45. The fourth-order valence-electron chi connectivity index (χ4n) is 1.70. The Labute approximate surface area is 130 Å². The number of carbonyl (C=O) groups is 1. The summed E-state index contributed by atoms with van der Waals surface area (Å²) in [7, 11) is -4.27. The second-order valence-electron chi connectivity index (χ2n) is 4.09. The standard InChI is InChI=1S/C12H15BrF2N2O3S/c1-3-17(4-2)11(18)7-16-21(19,20)12-9(13)5-8(14)6-10(12)15/h5-6,16H,3-4,7H2,1-2H3. The predicted octanol–water partition coefficient (Wildman–Crippen LogP) is 1.87. The van der Waals surface area contributed by atoms with Crippen LogP contribution >= 0.6 is 15.9 Å². The highest BCUT2D eigenvalue weighted by molar-refractivity contribution is 9.10. The van der Waals surface area contributed by atoms with Crippen LogP contribution in [0.4, 0.5) is 8.78 Å². The lowest BCUT2D eigenvalue weighted by molar-refractivity contribution is -0.129. The molecule has 0 unspecified atom stereocenters. The zero-order valence-electron chi connectivity index (χ0n) is 11.5. The number of halogens is 3. The molecule has 5 nitrogen and oxygen atoms in total. The van der Waals surface area contributed by atoms with E-state index < -0.39 is 39.0 Å². The Balaban J connectivity index is 2.96. The molecule has 1 aromatic carbocycles. The summed E-state index contributed by atoms with van der Waals surface area (Å²) in [5, 5.41) is 0. The van der Waals surface area contributed by atoms with Crippen LogP contribution < -0.4 is 4.72 Å². The van der Waals surface area contributed by atoms with Crippen molar-refractivity contribution in [1.29, 1.82) is 0 Å². The molecule has 1 N–H and O–H groups in total. The summed E-state index contributed by atoms with van der Waals surface area (Å²) in [5.74, 6) is -2.57. The fourth-order valence-corrected chi connectivity index (χ4v) is 3.84. The first kappa shape index (κ1) is 18.0. The van der Waals surface area contributed by atoms with Gasteiger partial charge in [-0.2, -0.15) is 0 Å². The van der Waals surface area contributed by atoms with Crippen LogP contribution in [0.25, 0.3) is 0 Å². The Kier molecular flexibility index (Phi) is 6.24. The first-order valence-corrected chi connectivity index (χ1v) is 8.42. The van der Waals surface area contributed by atoms with E-state index in [4.69, 9.17) is 0 Å². The Morgan fingerprint density at radius 3 is 2.33 bits per heavy atom. The Morgan fingerprint density at radius 2 is 1.86 bits per heavy atom. The topological polar surface area (TPSA) is 66.5 Å². The van der Waals surface area contributed by atoms with E-state index in [1.54, 1.807) is 13.8 Å². The normalized spacial score (nSPS) is 11.5. The molecule has 0 saturated carbocycles. The van der Waals surface area contributed by atoms with Gasteiger partial charge in [0.1, 0.15) is 16.5 Å². The molecule has 0 aromatic heterocycles. The molecule has 9 heteroatoms. The van der Waals surface area contributed by atoms with E-state index in [-0.39, 0.29) is 4.47 Å². The molecule has 1 amide bonds. The van der Waals surface area contributed by atoms with Crippen molar-refractivity contribution in [3.8, 4) is 0 Å². The van der Waals surface area contributed by atoms with Gasteiger partial charge in [0, 0.05) is 23.6 Å². The molecule has 0 spiro atoms. The highest BCUT2D eigenvalue weighted by Gasteiger charge is 2.24. The summed E-state index contributed by atoms with van der Waals surface area (Å²) in [6.07, 6.45) is 0. The largest absolute Gasteiger partial charge is 0.342 e. The van der Waals surface area contributed by atoms with Crippen LogP contribution in [0.1, 0.15) is 13.8 Å². The van der Waals surface area contributed by atoms with E-state index in [0.29, 0.717) is 19.2 Å². The maximum absolute atomic E-state index is 13.6. The minimum Gasteiger partial charge on any atom is -0.342 e. The van der Waals surface area contributed by atoms with Crippen LogP contribution in [0.2, 0.25) is 0 Å². The molecule has 1 aromatic rings. The summed E-state index contributed by atoms with van der Waals surface area (Å²) >= 11 is 2.80. The minimum atomic E-state index is -4.27. The average Bonchev–Trinajstić information content (AvgIpc) is 2.36. The monoisotopic (exact) mass is 384 g/mol. The van der Waals surface area contributed by atoms with E-state index in [2.05, 4.69) is 15.9 Å². The van der Waals surface area contributed by atoms with E-state index in [1.807, 2.05) is 4.72 Å². The summed E-state index contributed by atoms with van der Waals surface area (Å²) in [6, 6.07) is 1.30. The fraction of sp³-hybridized carbons (Fsp3) is 0.417. The third-order valence-electron chi connectivity index (χ3n) is 2.76. The maximum Gasteiger partial charge on any atom is 0.245 e. The molecule has 0 aliphatic carbocycles. The van der Waals surface area contributed by atoms with Crippen LogP contribution in [0.3, 0.4) is 0 Å². The number of hydrogen-bond acceptors (Lipinski definition) is 3. The highest BCUT2D eigenvalue weighted by Crippen LogP contribution is 2.25. The first-order valence-electron chi connectivity index (χ1n) is 6.14. The number of carbonyl (C=O) groups excluding carboxylic acids is 1. The van der Waals surface area contributed by atoms with Crippen LogP contribution in [0.5, 0.6) is 0 Å². The summed E-state index contributed by atoms with van der Waals surface area (Å²) in [4.78, 5) is 12.4. The van der Waals surface area contributed by atoms with Gasteiger partial charge < -0.3 is 4.90 Å². The highest BCUT2D eigenvalue weighted by atomic mass is 79.9. The Morgan fingerprint density at radius 1 is 1.29 bits per heavy atom. The van der Waals surface area contributed by atoms with Gasteiger partial charge in [0.25, 0.3) is 0 Å². The van der Waals surface area contributed by atoms with Crippen molar-refractivity contribution in [1.82, 2.24) is 9.62 Å². The molecule has 0 atom stereocenters. The van der Waals surface area contributed by atoms with Gasteiger partial charge >= 0.3 is 0 Å². The summed E-state index contributed by atoms with van der Waals surface area (Å²) in [5.41, 5.74) is 0. The summed E-state index contributed by atoms with van der Waals surface area (Å²) < 4.78 is 52.4. The van der Waals surface area contributed by atoms with Gasteiger partial charge in [-0.1, -0.05) is 0 Å². The van der Waals surface area contributed by atoms with E-state index in [0.717, 1.165) is 6.07 Å². The van der Waals surface area contributed by atoms with Crippen LogP contribution in [-0.4, -0.2) is 38.9 Å². The number of nitrogens with zero attached hydrogens (tertiary/aromatic N) is 1. The van der Waals surface area contributed by atoms with Gasteiger partial charge in [-0.15, -0.1) is 0 Å². The van der Waals surface area contributed by atoms with Crippen LogP contribution in [0, 0.1) is 11.6 Å². The van der Waals surface area contributed by atoms with Crippen LogP contribution in [0.15, 0.2) is 21.5 Å². The van der Waals surface area contributed by atoms with Gasteiger partial charge in [-0.25, -0.2) is 21.9 Å². The van der Waals surface area contributed by atoms with Gasteiger partial charge in [0.15, 0.2) is 0 Å². The predicted molar refractivity (Wildman–Crippen MR) is 77.2 cm³/mol. The molecule has 0 aliphatic rings. The van der Waals surface area contributed by atoms with Crippen molar-refractivity contribution in [2.75, 3.05) is 19.6 Å². The zero-order valence-corrected chi connectivity index (χ0v) is 13.9. The van der Waals surface area contributed by atoms with E-state index in [1.165, 1.54) is 4.90 Å². The number of benzene rings is 1. The molecule has 21 heavy (non-hydrogen) atoms. The molecule has 0 fully saturated rings. The van der Waals surface area contributed by atoms with Gasteiger partial charge in [0.05, 0.1) is 6.54 Å². The first-order chi connectivity index (χ1) is 9.72. The molecule has 0 radical (unpaired) electrons. The van der Waals surface area contributed by atoms with Crippen molar-refractivity contribution in [2.24, 2.45) is 0 Å². The second kappa shape index (κ2) is 7.28. The lowest BCUT2D eigenvalue weighted by Crippen LogP contribution is -2.40. The van der Waals surface area contributed by atoms with Crippen LogP contribution in [-0.2, 0) is 14.8 Å². The number of likely N-dealkylation sites (N-methyl/N-ethyl adjacent to an activating group) is 1. The number of nitrogens with one attached hydrogen (secondary N) is 1. The van der Waals surface area contributed by atoms with Crippen molar-refractivity contribution < 1.29 is 22.0 Å². The smallest absolute Gasteiger partial charge is 0.245 e. The van der Waals surface area contributed by atoms with E-state index in [9.17, 15) is 22.0 Å². The number of sulfonamides is 1. The quantitative estimate of drug-likeness (QED) is 0.813. The summed E-state index contributed by atoms with van der Waals surface area (Å²) in [6.45, 7) is 3.89. The van der Waals surface area contributed by atoms with Gasteiger partial charge in [-0.3, -0.25) is 4.79 Å². The molecule has 1 rings (SSSR count). The van der Waals surface area contributed by atoms with Gasteiger partial charge in [-0.05, 0) is 35.8 Å². The lowest BCUT2D eigenvalue weighted by atomic mass is 10.3. The van der Waals surface area contributed by atoms with Crippen molar-refractivity contribution in [3.63, 3.8) is 0 Å². The zero-order chi connectivity index (χ0) is 16.2. The van der Waals surface area contributed by atoms with E-state index >= 15 is 0 Å². The minimum absolute atomic E-state index is 0.247. The SMILES string of the molecule is CCN(CC)C(=O)CNS(=O)(=O)c1c(F)cc(F)cc1Br. The molecule has 0 bridgehead atoms. The van der Waals surface area contributed by atoms with Gasteiger partial charge in [0.2, 0.25) is 15.9 Å². The molecular formula is C12H15BrF2N2O3S. The second-order valence-corrected chi connectivity index (χ2v) is 6.65. The maximum atomic E-state index is 13.6. The molecule has 0 heterocycles. The number of amides is 1. The third-order valence-corrected chi connectivity index (χ3v) is 5.13. The molecule has 0 saturated heterocycles. The van der Waals surface area contributed by atoms with Crippen molar-refractivity contribution in [3.05, 3.63) is 28.2 Å². The molecule has 118 valence electrons. The molecule has 0 aliphatic heterocycles. The van der Waals surface area contributed by atoms with Crippen molar-refractivity contribution in [2.45, 2.75) is 18.7 Å². The number of rotatable bonds is 6. The van der Waals surface area contributed by atoms with Crippen molar-refractivity contribution >= 4 is 31.9 Å². The molecular weight excluding hydrogens is 370 g/mol. The average molecular weight is 385 g/mol. The Hall–Kier alpha value is -1.06. The Bertz CT molecular complexity index is 610. The number of hydrogen-bond donors (Lipinski definition) is 1. The lowest BCUT2D eigenvalue weighted by Gasteiger charge is -2.19.